The van der Waals surface area contributed by atoms with E-state index in [1.54, 1.807) is 0 Å². The Labute approximate surface area is 128 Å². The van der Waals surface area contributed by atoms with Gasteiger partial charge >= 0.3 is 0 Å². The Bertz CT molecular complexity index is 521. The zero-order valence-corrected chi connectivity index (χ0v) is 14.0. The van der Waals surface area contributed by atoms with E-state index in [-0.39, 0.29) is 0 Å². The second-order valence-electron chi connectivity index (χ2n) is 4.76. The quantitative estimate of drug-likeness (QED) is 0.783. The van der Waals surface area contributed by atoms with Crippen LogP contribution in [0.1, 0.15) is 40.6 Å². The van der Waals surface area contributed by atoms with Crippen molar-refractivity contribution in [3.63, 3.8) is 0 Å². The lowest BCUT2D eigenvalue weighted by Crippen LogP contribution is -2.23. The summed E-state index contributed by atoms with van der Waals surface area (Å²) in [4.78, 5) is 2.75. The molecule has 0 spiro atoms. The van der Waals surface area contributed by atoms with Crippen LogP contribution in [0.5, 0.6) is 0 Å². The Hall–Kier alpha value is -0.640. The molecule has 2 unspecified atom stereocenters. The number of aryl methyl sites for hydroxylation is 1. The Morgan fingerprint density at radius 2 is 1.95 bits per heavy atom. The van der Waals surface area contributed by atoms with E-state index >= 15 is 0 Å². The van der Waals surface area contributed by atoms with E-state index in [4.69, 9.17) is 0 Å². The molecule has 0 aliphatic heterocycles. The van der Waals surface area contributed by atoms with Crippen LogP contribution in [0.4, 0.5) is 0 Å². The topological polar surface area (TPSA) is 12.0 Å². The van der Waals surface area contributed by atoms with E-state index in [0.29, 0.717) is 12.0 Å². The summed E-state index contributed by atoms with van der Waals surface area (Å²) in [6.07, 6.45) is 1.12. The summed E-state index contributed by atoms with van der Waals surface area (Å²) in [5.74, 6) is 0.501. The Morgan fingerprint density at radius 3 is 2.42 bits per heavy atom. The number of rotatable bonds is 5. The monoisotopic (exact) mass is 337 g/mol. The molecule has 0 aliphatic rings. The fourth-order valence-electron chi connectivity index (χ4n) is 2.59. The minimum absolute atomic E-state index is 0.362. The van der Waals surface area contributed by atoms with E-state index in [1.165, 1.54) is 19.8 Å². The van der Waals surface area contributed by atoms with Crippen molar-refractivity contribution in [1.29, 1.82) is 0 Å². The maximum Gasteiger partial charge on any atom is 0.0493 e. The van der Waals surface area contributed by atoms with Gasteiger partial charge in [0.05, 0.1) is 0 Å². The lowest BCUT2D eigenvalue weighted by Gasteiger charge is -2.26. The highest BCUT2D eigenvalue weighted by Crippen LogP contribution is 2.40. The lowest BCUT2D eigenvalue weighted by molar-refractivity contribution is 0.473. The van der Waals surface area contributed by atoms with Gasteiger partial charge in [-0.1, -0.05) is 37.3 Å². The molecule has 1 aromatic carbocycles. The standard InChI is InChI=1S/C16H20BrNS/c1-4-13(12-8-6-5-7-9-12)15(18-3)16-14(17)10-11(2)19-16/h5-10,13,15,18H,4H2,1-3H3. The predicted molar refractivity (Wildman–Crippen MR) is 88.0 cm³/mol. The zero-order chi connectivity index (χ0) is 13.8. The average molecular weight is 338 g/mol. The zero-order valence-electron chi connectivity index (χ0n) is 11.6. The van der Waals surface area contributed by atoms with E-state index in [0.717, 1.165) is 6.42 Å². The summed E-state index contributed by atoms with van der Waals surface area (Å²) < 4.78 is 1.23. The summed E-state index contributed by atoms with van der Waals surface area (Å²) in [6, 6.07) is 13.4. The van der Waals surface area contributed by atoms with Crippen molar-refractivity contribution in [2.24, 2.45) is 0 Å². The van der Waals surface area contributed by atoms with Crippen LogP contribution in [-0.2, 0) is 0 Å². The van der Waals surface area contributed by atoms with Crippen molar-refractivity contribution in [3.05, 3.63) is 56.2 Å². The SMILES string of the molecule is CCC(c1ccccc1)C(NC)c1sc(C)cc1Br. The predicted octanol–water partition coefficient (Wildman–Crippen LogP) is 5.27. The van der Waals surface area contributed by atoms with Gasteiger partial charge in [0.25, 0.3) is 0 Å². The summed E-state index contributed by atoms with van der Waals surface area (Å²) in [6.45, 7) is 4.42. The average Bonchev–Trinajstić information content (AvgIpc) is 2.75. The Kier molecular flexibility index (Phi) is 5.20. The Morgan fingerprint density at radius 1 is 1.26 bits per heavy atom. The van der Waals surface area contributed by atoms with E-state index in [2.05, 4.69) is 78.5 Å². The van der Waals surface area contributed by atoms with Crippen molar-refractivity contribution < 1.29 is 0 Å². The van der Waals surface area contributed by atoms with Gasteiger partial charge in [0.15, 0.2) is 0 Å². The number of hydrogen-bond donors (Lipinski definition) is 1. The summed E-state index contributed by atoms with van der Waals surface area (Å²) in [7, 11) is 2.05. The van der Waals surface area contributed by atoms with Gasteiger partial charge in [0.2, 0.25) is 0 Å². The van der Waals surface area contributed by atoms with Crippen molar-refractivity contribution >= 4 is 27.3 Å². The van der Waals surface area contributed by atoms with Crippen LogP contribution in [0.15, 0.2) is 40.9 Å². The Balaban J connectivity index is 2.37. The van der Waals surface area contributed by atoms with Crippen molar-refractivity contribution in [1.82, 2.24) is 5.32 Å². The van der Waals surface area contributed by atoms with Gasteiger partial charge < -0.3 is 5.32 Å². The molecule has 3 heteroatoms. The fraction of sp³-hybridized carbons (Fsp3) is 0.375. The molecule has 0 aliphatic carbocycles. The van der Waals surface area contributed by atoms with Crippen molar-refractivity contribution in [2.75, 3.05) is 7.05 Å². The molecule has 0 radical (unpaired) electrons. The number of benzene rings is 1. The van der Waals surface area contributed by atoms with Crippen LogP contribution in [0.2, 0.25) is 0 Å². The van der Waals surface area contributed by atoms with Crippen molar-refractivity contribution in [2.45, 2.75) is 32.2 Å². The van der Waals surface area contributed by atoms with E-state index in [9.17, 15) is 0 Å². The van der Waals surface area contributed by atoms with Gasteiger partial charge in [-0.3, -0.25) is 0 Å². The first-order chi connectivity index (χ1) is 9.17. The van der Waals surface area contributed by atoms with Gasteiger partial charge in [-0.05, 0) is 48.0 Å². The second kappa shape index (κ2) is 6.69. The van der Waals surface area contributed by atoms with Crippen LogP contribution in [0, 0.1) is 6.92 Å². The summed E-state index contributed by atoms with van der Waals surface area (Å²) >= 11 is 5.58. The molecule has 2 rings (SSSR count). The molecule has 0 saturated carbocycles. The fourth-order valence-corrected chi connectivity index (χ4v) is 4.67. The first kappa shape index (κ1) is 14.8. The largest absolute Gasteiger partial charge is 0.312 e. The van der Waals surface area contributed by atoms with Crippen LogP contribution in [0.25, 0.3) is 0 Å². The summed E-state index contributed by atoms with van der Waals surface area (Å²) in [5, 5.41) is 3.50. The van der Waals surface area contributed by atoms with Gasteiger partial charge in [0, 0.05) is 26.2 Å². The number of hydrogen-bond acceptors (Lipinski definition) is 2. The van der Waals surface area contributed by atoms with Gasteiger partial charge in [-0.15, -0.1) is 11.3 Å². The first-order valence-electron chi connectivity index (χ1n) is 6.65. The normalized spacial score (nSPS) is 14.3. The molecule has 0 saturated heterocycles. The highest BCUT2D eigenvalue weighted by atomic mass is 79.9. The third-order valence-electron chi connectivity index (χ3n) is 3.50. The maximum atomic E-state index is 3.70. The highest BCUT2D eigenvalue weighted by molar-refractivity contribution is 9.10. The number of thiophene rings is 1. The molecule has 1 nitrogen and oxygen atoms in total. The molecule has 1 aromatic heterocycles. The highest BCUT2D eigenvalue weighted by Gasteiger charge is 2.25. The summed E-state index contributed by atoms with van der Waals surface area (Å²) in [5.41, 5.74) is 1.40. The van der Waals surface area contributed by atoms with Crippen LogP contribution in [0.3, 0.4) is 0 Å². The van der Waals surface area contributed by atoms with Gasteiger partial charge in [-0.25, -0.2) is 0 Å². The maximum absolute atomic E-state index is 3.70. The number of halogens is 1. The minimum Gasteiger partial charge on any atom is -0.312 e. The molecule has 19 heavy (non-hydrogen) atoms. The van der Waals surface area contributed by atoms with Gasteiger partial charge in [-0.2, -0.15) is 0 Å². The molecular weight excluding hydrogens is 318 g/mol. The van der Waals surface area contributed by atoms with Crippen LogP contribution in [-0.4, -0.2) is 7.05 Å². The lowest BCUT2D eigenvalue weighted by atomic mass is 9.88. The molecule has 102 valence electrons. The third kappa shape index (κ3) is 3.28. The van der Waals surface area contributed by atoms with Crippen LogP contribution < -0.4 is 5.32 Å². The first-order valence-corrected chi connectivity index (χ1v) is 8.26. The molecule has 1 heterocycles. The molecule has 2 atom stereocenters. The molecule has 0 bridgehead atoms. The molecular formula is C16H20BrNS. The van der Waals surface area contributed by atoms with Crippen molar-refractivity contribution in [3.8, 4) is 0 Å². The third-order valence-corrected chi connectivity index (χ3v) is 5.55. The number of likely N-dealkylation sites (N-methyl/N-ethyl adjacent to an activating group) is 1. The number of nitrogens with one attached hydrogen (secondary N) is 1. The molecule has 0 fully saturated rings. The second-order valence-corrected chi connectivity index (χ2v) is 6.90. The molecule has 0 amide bonds. The van der Waals surface area contributed by atoms with E-state index < -0.39 is 0 Å². The smallest absolute Gasteiger partial charge is 0.0493 e. The molecule has 2 aromatic rings. The van der Waals surface area contributed by atoms with Gasteiger partial charge in [0.1, 0.15) is 0 Å². The van der Waals surface area contributed by atoms with Crippen LogP contribution >= 0.6 is 27.3 Å². The molecule has 1 N–H and O–H groups in total. The minimum atomic E-state index is 0.362. The van der Waals surface area contributed by atoms with E-state index in [1.807, 2.05) is 11.3 Å².